The normalized spacial score (nSPS) is 11.6. The minimum absolute atomic E-state index is 0.0358. The van der Waals surface area contributed by atoms with Gasteiger partial charge in [0.2, 0.25) is 0 Å². The number of hydrogen-bond donors (Lipinski definition) is 4. The van der Waals surface area contributed by atoms with Crippen molar-refractivity contribution in [2.45, 2.75) is 6.42 Å². The second-order valence-corrected chi connectivity index (χ2v) is 5.79. The van der Waals surface area contributed by atoms with Gasteiger partial charge in [0.15, 0.2) is 16.7 Å². The molecular formula is C17H20ClN3O4. The van der Waals surface area contributed by atoms with Crippen LogP contribution in [0.1, 0.15) is 5.56 Å². The maximum absolute atomic E-state index is 11.9. The van der Waals surface area contributed by atoms with Crippen LogP contribution in [0.3, 0.4) is 0 Å². The van der Waals surface area contributed by atoms with Gasteiger partial charge in [-0.1, -0.05) is 17.7 Å². The SMILES string of the molecule is COc1ccc(C[C@@H](CO)CNC(=O)Nc2cccnc2Cl)cc1O. The molecule has 0 saturated heterocycles. The van der Waals surface area contributed by atoms with Crippen molar-refractivity contribution in [3.05, 3.63) is 47.2 Å². The van der Waals surface area contributed by atoms with Gasteiger partial charge < -0.3 is 25.6 Å². The predicted molar refractivity (Wildman–Crippen MR) is 95.2 cm³/mol. The Morgan fingerprint density at radius 1 is 1.40 bits per heavy atom. The number of aromatic nitrogens is 1. The number of aromatic hydroxyl groups is 1. The number of rotatable bonds is 7. The highest BCUT2D eigenvalue weighted by molar-refractivity contribution is 6.32. The fourth-order valence-corrected chi connectivity index (χ4v) is 2.45. The van der Waals surface area contributed by atoms with Crippen LogP contribution in [-0.4, -0.2) is 41.5 Å². The van der Waals surface area contributed by atoms with Gasteiger partial charge in [0.05, 0.1) is 12.8 Å². The van der Waals surface area contributed by atoms with Gasteiger partial charge in [-0.2, -0.15) is 0 Å². The second kappa shape index (κ2) is 9.10. The summed E-state index contributed by atoms with van der Waals surface area (Å²) in [6.07, 6.45) is 2.01. The molecule has 1 aromatic heterocycles. The van der Waals surface area contributed by atoms with Gasteiger partial charge >= 0.3 is 6.03 Å². The number of urea groups is 1. The highest BCUT2D eigenvalue weighted by Gasteiger charge is 2.13. The lowest BCUT2D eigenvalue weighted by Gasteiger charge is -2.16. The first-order chi connectivity index (χ1) is 12.0. The van der Waals surface area contributed by atoms with E-state index in [4.69, 9.17) is 16.3 Å². The van der Waals surface area contributed by atoms with Gasteiger partial charge in [-0.15, -0.1) is 0 Å². The minimum atomic E-state index is -0.439. The van der Waals surface area contributed by atoms with Gasteiger partial charge in [0.25, 0.3) is 0 Å². The quantitative estimate of drug-likeness (QED) is 0.564. The van der Waals surface area contributed by atoms with E-state index < -0.39 is 6.03 Å². The number of carbonyl (C=O) groups excluding carboxylic acids is 1. The van der Waals surface area contributed by atoms with Crippen LogP contribution in [0.2, 0.25) is 5.15 Å². The lowest BCUT2D eigenvalue weighted by Crippen LogP contribution is -2.35. The third kappa shape index (κ3) is 5.51. The number of methoxy groups -OCH3 is 1. The van der Waals surface area contributed by atoms with Crippen molar-refractivity contribution < 1.29 is 19.7 Å². The molecule has 0 bridgehead atoms. The summed E-state index contributed by atoms with van der Waals surface area (Å²) >= 11 is 5.88. The van der Waals surface area contributed by atoms with E-state index in [9.17, 15) is 15.0 Å². The zero-order chi connectivity index (χ0) is 18.2. The standard InChI is InChI=1S/C17H20ClN3O4/c1-25-15-5-4-11(8-14(15)23)7-12(10-22)9-20-17(24)21-13-3-2-6-19-16(13)18/h2-6,8,12,22-23H,7,9-10H2,1H3,(H2,20,21,24)/t12-/m1/s1. The van der Waals surface area contributed by atoms with Gasteiger partial charge in [-0.3, -0.25) is 0 Å². The van der Waals surface area contributed by atoms with Crippen LogP contribution in [0.15, 0.2) is 36.5 Å². The Balaban J connectivity index is 1.88. The predicted octanol–water partition coefficient (Wildman–Crippen LogP) is 2.42. The van der Waals surface area contributed by atoms with Gasteiger partial charge in [0.1, 0.15) is 0 Å². The number of benzene rings is 1. The fourth-order valence-electron chi connectivity index (χ4n) is 2.28. The Morgan fingerprint density at radius 3 is 2.84 bits per heavy atom. The third-order valence-corrected chi connectivity index (χ3v) is 3.89. The van der Waals surface area contributed by atoms with Crippen molar-refractivity contribution in [3.63, 3.8) is 0 Å². The summed E-state index contributed by atoms with van der Waals surface area (Å²) in [4.78, 5) is 15.8. The summed E-state index contributed by atoms with van der Waals surface area (Å²) in [5, 5.41) is 24.8. The molecule has 7 nitrogen and oxygen atoms in total. The van der Waals surface area contributed by atoms with E-state index in [-0.39, 0.29) is 30.0 Å². The number of halogens is 1. The number of hydrogen-bond acceptors (Lipinski definition) is 5. The molecular weight excluding hydrogens is 346 g/mol. The minimum Gasteiger partial charge on any atom is -0.504 e. The van der Waals surface area contributed by atoms with E-state index >= 15 is 0 Å². The summed E-state index contributed by atoms with van der Waals surface area (Å²) in [5.74, 6) is 0.215. The van der Waals surface area contributed by atoms with E-state index in [0.29, 0.717) is 17.9 Å². The maximum atomic E-state index is 11.9. The molecule has 2 aromatic rings. The van der Waals surface area contributed by atoms with Crippen LogP contribution < -0.4 is 15.4 Å². The fraction of sp³-hybridized carbons (Fsp3) is 0.294. The Hall–Kier alpha value is -2.51. The molecule has 134 valence electrons. The van der Waals surface area contributed by atoms with Crippen molar-refractivity contribution in [2.75, 3.05) is 25.6 Å². The average Bonchev–Trinajstić information content (AvgIpc) is 2.60. The number of aliphatic hydroxyl groups excluding tert-OH is 1. The molecule has 1 atom stereocenters. The van der Waals surface area contributed by atoms with E-state index in [2.05, 4.69) is 15.6 Å². The van der Waals surface area contributed by atoms with Crippen LogP contribution in [0, 0.1) is 5.92 Å². The third-order valence-electron chi connectivity index (χ3n) is 3.58. The molecule has 0 aliphatic carbocycles. The molecule has 0 aliphatic rings. The number of nitrogens with zero attached hydrogens (tertiary/aromatic N) is 1. The highest BCUT2D eigenvalue weighted by atomic mass is 35.5. The summed E-state index contributed by atoms with van der Waals surface area (Å²) in [6.45, 7) is 0.147. The number of carbonyl (C=O) groups is 1. The lowest BCUT2D eigenvalue weighted by molar-refractivity contribution is 0.218. The molecule has 2 amide bonds. The molecule has 0 aliphatic heterocycles. The van der Waals surface area contributed by atoms with Crippen molar-refractivity contribution in [2.24, 2.45) is 5.92 Å². The largest absolute Gasteiger partial charge is 0.504 e. The van der Waals surface area contributed by atoms with E-state index in [1.807, 2.05) is 0 Å². The number of anilines is 1. The van der Waals surface area contributed by atoms with Crippen LogP contribution >= 0.6 is 11.6 Å². The van der Waals surface area contributed by atoms with E-state index in [1.54, 1.807) is 30.3 Å². The molecule has 0 saturated carbocycles. The molecule has 4 N–H and O–H groups in total. The first-order valence-corrected chi connectivity index (χ1v) is 8.03. The smallest absolute Gasteiger partial charge is 0.319 e. The highest BCUT2D eigenvalue weighted by Crippen LogP contribution is 2.27. The maximum Gasteiger partial charge on any atom is 0.319 e. The van der Waals surface area contributed by atoms with E-state index in [0.717, 1.165) is 5.56 Å². The zero-order valence-electron chi connectivity index (χ0n) is 13.7. The molecule has 1 heterocycles. The monoisotopic (exact) mass is 365 g/mol. The molecule has 25 heavy (non-hydrogen) atoms. The van der Waals surface area contributed by atoms with Gasteiger partial charge in [-0.05, 0) is 36.2 Å². The average molecular weight is 366 g/mol. The van der Waals surface area contributed by atoms with E-state index in [1.165, 1.54) is 13.3 Å². The topological polar surface area (TPSA) is 104 Å². The van der Waals surface area contributed by atoms with Crippen molar-refractivity contribution >= 4 is 23.3 Å². The summed E-state index contributed by atoms with van der Waals surface area (Å²) < 4.78 is 5.00. The van der Waals surface area contributed by atoms with Crippen molar-refractivity contribution in [1.29, 1.82) is 0 Å². The van der Waals surface area contributed by atoms with Crippen LogP contribution in [0.25, 0.3) is 0 Å². The van der Waals surface area contributed by atoms with Crippen LogP contribution in [-0.2, 0) is 6.42 Å². The number of phenols is 1. The lowest BCUT2D eigenvalue weighted by atomic mass is 9.99. The zero-order valence-corrected chi connectivity index (χ0v) is 14.5. The van der Waals surface area contributed by atoms with Gasteiger partial charge in [-0.25, -0.2) is 9.78 Å². The Labute approximate surface area is 150 Å². The van der Waals surface area contributed by atoms with Gasteiger partial charge in [0, 0.05) is 25.3 Å². The Kier molecular flexibility index (Phi) is 6.85. The first kappa shape index (κ1) is 18.8. The first-order valence-electron chi connectivity index (χ1n) is 7.65. The summed E-state index contributed by atoms with van der Waals surface area (Å²) in [6, 6.07) is 7.90. The number of pyridine rings is 1. The number of amides is 2. The molecule has 8 heteroatoms. The number of aliphatic hydroxyl groups is 1. The van der Waals surface area contributed by atoms with Crippen LogP contribution in [0.5, 0.6) is 11.5 Å². The number of nitrogens with one attached hydrogen (secondary N) is 2. The number of phenolic OH excluding ortho intramolecular Hbond substituents is 1. The summed E-state index contributed by atoms with van der Waals surface area (Å²) in [7, 11) is 1.47. The Bertz CT molecular complexity index is 727. The summed E-state index contributed by atoms with van der Waals surface area (Å²) in [5.41, 5.74) is 1.23. The van der Waals surface area contributed by atoms with Crippen molar-refractivity contribution in [1.82, 2.24) is 10.3 Å². The van der Waals surface area contributed by atoms with Crippen LogP contribution in [0.4, 0.5) is 10.5 Å². The molecule has 0 fully saturated rings. The van der Waals surface area contributed by atoms with Crippen molar-refractivity contribution in [3.8, 4) is 11.5 Å². The number of ether oxygens (including phenoxy) is 1. The second-order valence-electron chi connectivity index (χ2n) is 5.44. The molecule has 0 spiro atoms. The molecule has 0 radical (unpaired) electrons. The molecule has 1 aromatic carbocycles. The molecule has 0 unspecified atom stereocenters. The molecule has 2 rings (SSSR count). The Morgan fingerprint density at radius 2 is 2.20 bits per heavy atom.